The van der Waals surface area contributed by atoms with Crippen LogP contribution in [0.2, 0.25) is 5.02 Å². The lowest BCUT2D eigenvalue weighted by atomic mass is 9.89. The highest BCUT2D eigenvalue weighted by Gasteiger charge is 2.26. The third kappa shape index (κ3) is 2.09. The highest BCUT2D eigenvalue weighted by molar-refractivity contribution is 6.31. The molecule has 0 saturated carbocycles. The zero-order valence-corrected chi connectivity index (χ0v) is 10.4. The van der Waals surface area contributed by atoms with Crippen LogP contribution in [-0.4, -0.2) is 26.3 Å². The van der Waals surface area contributed by atoms with Gasteiger partial charge in [-0.1, -0.05) is 11.6 Å². The van der Waals surface area contributed by atoms with Crippen LogP contribution in [0.1, 0.15) is 24.3 Å². The second kappa shape index (κ2) is 4.75. The Morgan fingerprint density at radius 2 is 1.88 bits per heavy atom. The van der Waals surface area contributed by atoms with E-state index in [4.69, 9.17) is 21.1 Å². The molecule has 1 aromatic carbocycles. The van der Waals surface area contributed by atoms with E-state index in [9.17, 15) is 0 Å². The van der Waals surface area contributed by atoms with Crippen molar-refractivity contribution in [1.29, 1.82) is 0 Å². The maximum Gasteiger partial charge on any atom is 0.166 e. The van der Waals surface area contributed by atoms with E-state index in [-0.39, 0.29) is 0 Å². The minimum atomic E-state index is 0.486. The number of rotatable bonds is 1. The van der Waals surface area contributed by atoms with Gasteiger partial charge in [-0.15, -0.1) is 0 Å². The van der Waals surface area contributed by atoms with Crippen LogP contribution in [-0.2, 0) is 0 Å². The summed E-state index contributed by atoms with van der Waals surface area (Å²) >= 11 is 6.34. The molecule has 1 N–H and O–H groups in total. The first-order valence-corrected chi connectivity index (χ1v) is 6.53. The summed E-state index contributed by atoms with van der Waals surface area (Å²) in [6, 6.07) is 3.83. The van der Waals surface area contributed by atoms with Gasteiger partial charge in [-0.3, -0.25) is 0 Å². The summed E-state index contributed by atoms with van der Waals surface area (Å²) < 4.78 is 11.4. The summed E-state index contributed by atoms with van der Waals surface area (Å²) in [5.41, 5.74) is 1.14. The summed E-state index contributed by atoms with van der Waals surface area (Å²) in [6.07, 6.45) is 2.22. The first kappa shape index (κ1) is 11.2. The largest absolute Gasteiger partial charge is 0.486 e. The maximum atomic E-state index is 6.34. The van der Waals surface area contributed by atoms with Gasteiger partial charge in [-0.2, -0.15) is 0 Å². The Kier molecular flexibility index (Phi) is 3.12. The van der Waals surface area contributed by atoms with E-state index in [0.717, 1.165) is 48.0 Å². The molecule has 3 nitrogen and oxygen atoms in total. The van der Waals surface area contributed by atoms with Gasteiger partial charge in [0, 0.05) is 10.6 Å². The Bertz CT molecular complexity index is 416. The minimum Gasteiger partial charge on any atom is -0.486 e. The molecule has 17 heavy (non-hydrogen) atoms. The molecule has 0 aliphatic carbocycles. The van der Waals surface area contributed by atoms with Crippen molar-refractivity contribution in [3.8, 4) is 11.5 Å². The third-order valence-electron chi connectivity index (χ3n) is 3.44. The maximum absolute atomic E-state index is 6.34. The molecule has 92 valence electrons. The molecule has 0 bridgehead atoms. The topological polar surface area (TPSA) is 30.5 Å². The fourth-order valence-electron chi connectivity index (χ4n) is 2.60. The van der Waals surface area contributed by atoms with E-state index >= 15 is 0 Å². The lowest BCUT2D eigenvalue weighted by Crippen LogP contribution is -2.27. The summed E-state index contributed by atoms with van der Waals surface area (Å²) in [5.74, 6) is 2.20. The lowest BCUT2D eigenvalue weighted by molar-refractivity contribution is 0.168. The van der Waals surface area contributed by atoms with Gasteiger partial charge < -0.3 is 14.8 Å². The summed E-state index contributed by atoms with van der Waals surface area (Å²) in [6.45, 7) is 3.34. The van der Waals surface area contributed by atoms with E-state index in [2.05, 4.69) is 5.32 Å². The van der Waals surface area contributed by atoms with E-state index < -0.39 is 0 Å². The van der Waals surface area contributed by atoms with Crippen LogP contribution in [0.25, 0.3) is 0 Å². The van der Waals surface area contributed by atoms with Crippen LogP contribution < -0.4 is 14.8 Å². The van der Waals surface area contributed by atoms with Gasteiger partial charge in [0.25, 0.3) is 0 Å². The van der Waals surface area contributed by atoms with Crippen LogP contribution in [0.15, 0.2) is 12.1 Å². The van der Waals surface area contributed by atoms with E-state index in [0.29, 0.717) is 19.1 Å². The summed E-state index contributed by atoms with van der Waals surface area (Å²) in [7, 11) is 0. The van der Waals surface area contributed by atoms with E-state index in [1.807, 2.05) is 12.1 Å². The molecule has 1 fully saturated rings. The van der Waals surface area contributed by atoms with E-state index in [1.165, 1.54) is 0 Å². The van der Waals surface area contributed by atoms with Crippen molar-refractivity contribution in [2.45, 2.75) is 18.8 Å². The second-order valence-electron chi connectivity index (χ2n) is 4.51. The number of fused-ring (bicyclic) bond motifs is 1. The number of hydrogen-bond acceptors (Lipinski definition) is 3. The van der Waals surface area contributed by atoms with Crippen LogP contribution in [0, 0.1) is 0 Å². The molecular weight excluding hydrogens is 238 g/mol. The SMILES string of the molecule is Clc1ccc2c(c1C1CCNCC1)OCCO2. The smallest absolute Gasteiger partial charge is 0.166 e. The Hall–Kier alpha value is -0.930. The molecule has 3 rings (SSSR count). The number of hydrogen-bond donors (Lipinski definition) is 1. The number of piperidine rings is 1. The van der Waals surface area contributed by atoms with Crippen molar-refractivity contribution >= 4 is 11.6 Å². The average molecular weight is 254 g/mol. The molecule has 0 unspecified atom stereocenters. The average Bonchev–Trinajstić information content (AvgIpc) is 2.39. The van der Waals surface area contributed by atoms with Gasteiger partial charge in [-0.25, -0.2) is 0 Å². The molecule has 0 spiro atoms. The predicted molar refractivity (Wildman–Crippen MR) is 67.3 cm³/mol. The molecule has 0 radical (unpaired) electrons. The molecule has 1 saturated heterocycles. The molecule has 0 aromatic heterocycles. The van der Waals surface area contributed by atoms with Crippen LogP contribution in [0.3, 0.4) is 0 Å². The number of benzene rings is 1. The van der Waals surface area contributed by atoms with Crippen LogP contribution in [0.5, 0.6) is 11.5 Å². The molecule has 2 aliphatic heterocycles. The number of ether oxygens (including phenoxy) is 2. The summed E-state index contributed by atoms with van der Waals surface area (Å²) in [4.78, 5) is 0. The number of halogens is 1. The lowest BCUT2D eigenvalue weighted by Gasteiger charge is -2.28. The molecule has 0 atom stereocenters. The fraction of sp³-hybridized carbons (Fsp3) is 0.538. The Morgan fingerprint density at radius 1 is 1.12 bits per heavy atom. The van der Waals surface area contributed by atoms with E-state index in [1.54, 1.807) is 0 Å². The zero-order chi connectivity index (χ0) is 11.7. The molecular formula is C13H16ClNO2. The monoisotopic (exact) mass is 253 g/mol. The van der Waals surface area contributed by atoms with Gasteiger partial charge in [-0.05, 0) is 44.0 Å². The van der Waals surface area contributed by atoms with Gasteiger partial charge in [0.15, 0.2) is 11.5 Å². The van der Waals surface area contributed by atoms with Crippen molar-refractivity contribution in [3.63, 3.8) is 0 Å². The Balaban J connectivity index is 2.01. The van der Waals surface area contributed by atoms with Gasteiger partial charge in [0.2, 0.25) is 0 Å². The first-order valence-electron chi connectivity index (χ1n) is 6.15. The highest BCUT2D eigenvalue weighted by atomic mass is 35.5. The van der Waals surface area contributed by atoms with Crippen molar-refractivity contribution in [3.05, 3.63) is 22.7 Å². The zero-order valence-electron chi connectivity index (χ0n) is 9.67. The quantitative estimate of drug-likeness (QED) is 0.835. The molecule has 4 heteroatoms. The number of nitrogens with one attached hydrogen (secondary N) is 1. The predicted octanol–water partition coefficient (Wildman–Crippen LogP) is 2.58. The third-order valence-corrected chi connectivity index (χ3v) is 3.77. The fourth-order valence-corrected chi connectivity index (χ4v) is 2.91. The molecule has 2 heterocycles. The van der Waals surface area contributed by atoms with Crippen molar-refractivity contribution < 1.29 is 9.47 Å². The van der Waals surface area contributed by atoms with Crippen molar-refractivity contribution in [2.24, 2.45) is 0 Å². The minimum absolute atomic E-state index is 0.486. The van der Waals surface area contributed by atoms with Gasteiger partial charge in [0.1, 0.15) is 13.2 Å². The molecule has 2 aliphatic rings. The Labute approximate surface area is 106 Å². The standard InChI is InChI=1S/C13H16ClNO2/c14-10-1-2-11-13(17-8-7-16-11)12(10)9-3-5-15-6-4-9/h1-2,9,15H,3-8H2. The second-order valence-corrected chi connectivity index (χ2v) is 4.92. The summed E-state index contributed by atoms with van der Waals surface area (Å²) in [5, 5.41) is 4.18. The Morgan fingerprint density at radius 3 is 2.71 bits per heavy atom. The van der Waals surface area contributed by atoms with Crippen molar-refractivity contribution in [2.75, 3.05) is 26.3 Å². The molecule has 0 amide bonds. The highest BCUT2D eigenvalue weighted by Crippen LogP contribution is 2.44. The van der Waals surface area contributed by atoms with Gasteiger partial charge >= 0.3 is 0 Å². The van der Waals surface area contributed by atoms with Crippen LogP contribution in [0.4, 0.5) is 0 Å². The molecule has 1 aromatic rings. The van der Waals surface area contributed by atoms with Crippen molar-refractivity contribution in [1.82, 2.24) is 5.32 Å². The van der Waals surface area contributed by atoms with Gasteiger partial charge in [0.05, 0.1) is 0 Å². The van der Waals surface area contributed by atoms with Crippen LogP contribution >= 0.6 is 11.6 Å². The normalized spacial score (nSPS) is 20.3. The first-order chi connectivity index (χ1) is 8.36.